The topological polar surface area (TPSA) is 44.4 Å². The number of amides is 1. The third kappa shape index (κ3) is 4.08. The van der Waals surface area contributed by atoms with E-state index in [1.807, 2.05) is 0 Å². The third-order valence-corrected chi connectivity index (χ3v) is 3.86. The average molecular weight is 302 g/mol. The summed E-state index contributed by atoms with van der Waals surface area (Å²) in [7, 11) is 0. The van der Waals surface area contributed by atoms with Crippen molar-refractivity contribution in [1.29, 1.82) is 0 Å². The lowest BCUT2D eigenvalue weighted by atomic mass is 10.2. The molecule has 1 unspecified atom stereocenters. The van der Waals surface area contributed by atoms with E-state index in [0.29, 0.717) is 28.3 Å². The smallest absolute Gasteiger partial charge is 0.238 e. The van der Waals surface area contributed by atoms with Gasteiger partial charge in [-0.3, -0.25) is 9.69 Å². The second-order valence-corrected chi connectivity index (χ2v) is 5.53. The van der Waals surface area contributed by atoms with Crippen LogP contribution in [-0.4, -0.2) is 43.0 Å². The summed E-state index contributed by atoms with van der Waals surface area (Å²) in [5, 5.41) is 6.96. The van der Waals surface area contributed by atoms with Crippen molar-refractivity contribution >= 4 is 34.8 Å². The van der Waals surface area contributed by atoms with E-state index in [-0.39, 0.29) is 5.91 Å². The summed E-state index contributed by atoms with van der Waals surface area (Å²) >= 11 is 11.9. The zero-order chi connectivity index (χ0) is 13.8. The highest BCUT2D eigenvalue weighted by Crippen LogP contribution is 2.29. The summed E-state index contributed by atoms with van der Waals surface area (Å²) in [6.07, 6.45) is 0. The minimum Gasteiger partial charge on any atom is -0.324 e. The first-order valence-corrected chi connectivity index (χ1v) is 7.01. The van der Waals surface area contributed by atoms with Gasteiger partial charge in [0, 0.05) is 25.7 Å². The Balaban J connectivity index is 1.92. The van der Waals surface area contributed by atoms with Crippen molar-refractivity contribution in [3.05, 3.63) is 28.2 Å². The number of benzene rings is 1. The van der Waals surface area contributed by atoms with E-state index in [0.717, 1.165) is 19.6 Å². The number of piperazine rings is 1. The molecular weight excluding hydrogens is 285 g/mol. The van der Waals surface area contributed by atoms with Crippen LogP contribution in [0, 0.1) is 0 Å². The molecule has 1 aromatic carbocycles. The van der Waals surface area contributed by atoms with Gasteiger partial charge in [0.05, 0.1) is 22.3 Å². The van der Waals surface area contributed by atoms with Gasteiger partial charge in [-0.1, -0.05) is 29.3 Å². The van der Waals surface area contributed by atoms with Crippen molar-refractivity contribution in [3.63, 3.8) is 0 Å². The van der Waals surface area contributed by atoms with Crippen LogP contribution in [-0.2, 0) is 4.79 Å². The summed E-state index contributed by atoms with van der Waals surface area (Å²) in [5.41, 5.74) is 0.558. The fraction of sp³-hybridized carbons (Fsp3) is 0.462. The zero-order valence-electron chi connectivity index (χ0n) is 10.7. The molecule has 0 spiro atoms. The van der Waals surface area contributed by atoms with Gasteiger partial charge in [0.2, 0.25) is 5.91 Å². The van der Waals surface area contributed by atoms with E-state index in [1.165, 1.54) is 0 Å². The van der Waals surface area contributed by atoms with Crippen LogP contribution in [0.1, 0.15) is 6.92 Å². The van der Waals surface area contributed by atoms with Crippen molar-refractivity contribution in [3.8, 4) is 0 Å². The lowest BCUT2D eigenvalue weighted by molar-refractivity contribution is -0.117. The second kappa shape index (κ2) is 6.57. The molecule has 1 aromatic rings. The molecule has 19 heavy (non-hydrogen) atoms. The monoisotopic (exact) mass is 301 g/mol. The summed E-state index contributed by atoms with van der Waals surface area (Å²) in [6.45, 7) is 5.14. The lowest BCUT2D eigenvalue weighted by Gasteiger charge is -2.31. The molecule has 6 heteroatoms. The first kappa shape index (κ1) is 14.6. The van der Waals surface area contributed by atoms with Crippen molar-refractivity contribution in [2.75, 3.05) is 31.5 Å². The first-order valence-electron chi connectivity index (χ1n) is 6.26. The van der Waals surface area contributed by atoms with Crippen molar-refractivity contribution < 1.29 is 4.79 Å². The number of nitrogens with one attached hydrogen (secondary N) is 2. The molecule has 104 valence electrons. The van der Waals surface area contributed by atoms with Gasteiger partial charge in [0.1, 0.15) is 0 Å². The number of anilines is 1. The maximum atomic E-state index is 12.0. The third-order valence-electron chi connectivity index (χ3n) is 3.05. The van der Waals surface area contributed by atoms with Crippen molar-refractivity contribution in [2.45, 2.75) is 13.0 Å². The number of nitrogens with zero attached hydrogens (tertiary/aromatic N) is 1. The van der Waals surface area contributed by atoms with Gasteiger partial charge in [0.15, 0.2) is 0 Å². The van der Waals surface area contributed by atoms with Gasteiger partial charge < -0.3 is 10.6 Å². The predicted molar refractivity (Wildman–Crippen MR) is 79.0 cm³/mol. The maximum Gasteiger partial charge on any atom is 0.238 e. The fourth-order valence-corrected chi connectivity index (χ4v) is 2.50. The first-order chi connectivity index (χ1) is 9.06. The highest BCUT2D eigenvalue weighted by atomic mass is 35.5. The largest absolute Gasteiger partial charge is 0.324 e. The van der Waals surface area contributed by atoms with E-state index in [4.69, 9.17) is 23.2 Å². The lowest BCUT2D eigenvalue weighted by Crippen LogP contribution is -2.51. The molecule has 1 saturated heterocycles. The Bertz CT molecular complexity index is 467. The number of rotatable bonds is 3. The van der Waals surface area contributed by atoms with Crippen molar-refractivity contribution in [2.24, 2.45) is 0 Å². The summed E-state index contributed by atoms with van der Waals surface area (Å²) in [5.74, 6) is -0.0710. The Labute approximate surface area is 123 Å². The molecule has 0 saturated carbocycles. The van der Waals surface area contributed by atoms with E-state index in [1.54, 1.807) is 18.2 Å². The molecule has 1 amide bonds. The van der Waals surface area contributed by atoms with Gasteiger partial charge in [-0.25, -0.2) is 0 Å². The maximum absolute atomic E-state index is 12.0. The van der Waals surface area contributed by atoms with E-state index >= 15 is 0 Å². The minimum atomic E-state index is -0.0710. The van der Waals surface area contributed by atoms with Crippen LogP contribution in [0.4, 0.5) is 5.69 Å². The highest BCUT2D eigenvalue weighted by Gasteiger charge is 2.18. The molecule has 2 N–H and O–H groups in total. The van der Waals surface area contributed by atoms with Crippen LogP contribution < -0.4 is 10.6 Å². The molecule has 1 aliphatic rings. The van der Waals surface area contributed by atoms with Gasteiger partial charge >= 0.3 is 0 Å². The van der Waals surface area contributed by atoms with Gasteiger partial charge in [-0.2, -0.15) is 0 Å². The van der Waals surface area contributed by atoms with E-state index < -0.39 is 0 Å². The molecule has 1 fully saturated rings. The molecule has 1 heterocycles. The summed E-state index contributed by atoms with van der Waals surface area (Å²) in [4.78, 5) is 14.1. The van der Waals surface area contributed by atoms with Crippen LogP contribution in [0.15, 0.2) is 18.2 Å². The van der Waals surface area contributed by atoms with Crippen LogP contribution in [0.2, 0.25) is 10.0 Å². The summed E-state index contributed by atoms with van der Waals surface area (Å²) < 4.78 is 0. The van der Waals surface area contributed by atoms with Crippen LogP contribution in [0.3, 0.4) is 0 Å². The molecule has 1 atom stereocenters. The minimum absolute atomic E-state index is 0.0710. The quantitative estimate of drug-likeness (QED) is 0.900. The van der Waals surface area contributed by atoms with E-state index in [9.17, 15) is 4.79 Å². The molecule has 0 aliphatic carbocycles. The van der Waals surface area contributed by atoms with E-state index in [2.05, 4.69) is 22.5 Å². The Morgan fingerprint density at radius 1 is 1.53 bits per heavy atom. The molecule has 0 aromatic heterocycles. The fourth-order valence-electron chi connectivity index (χ4n) is 2.15. The molecule has 2 rings (SSSR count). The number of carbonyl (C=O) groups is 1. The molecule has 0 bridgehead atoms. The summed E-state index contributed by atoms with van der Waals surface area (Å²) in [6, 6.07) is 5.61. The zero-order valence-corrected chi connectivity index (χ0v) is 12.3. The highest BCUT2D eigenvalue weighted by molar-refractivity contribution is 6.43. The number of hydrogen-bond donors (Lipinski definition) is 2. The number of hydrogen-bond acceptors (Lipinski definition) is 3. The molecule has 1 aliphatic heterocycles. The standard InChI is InChI=1S/C13H17Cl2N3O/c1-9-7-18(6-5-16-9)8-12(19)17-11-4-2-3-10(14)13(11)15/h2-4,9,16H,5-8H2,1H3,(H,17,19). The average Bonchev–Trinajstić information content (AvgIpc) is 2.35. The van der Waals surface area contributed by atoms with Crippen LogP contribution in [0.5, 0.6) is 0 Å². The molecule has 0 radical (unpaired) electrons. The predicted octanol–water partition coefficient (Wildman–Crippen LogP) is 2.23. The molecule has 4 nitrogen and oxygen atoms in total. The Morgan fingerprint density at radius 3 is 3.05 bits per heavy atom. The Morgan fingerprint density at radius 2 is 2.32 bits per heavy atom. The Kier molecular flexibility index (Phi) is 5.05. The van der Waals surface area contributed by atoms with Crippen LogP contribution >= 0.6 is 23.2 Å². The number of halogens is 2. The molecular formula is C13H17Cl2N3O. The number of carbonyl (C=O) groups excluding carboxylic acids is 1. The SMILES string of the molecule is CC1CN(CC(=O)Nc2cccc(Cl)c2Cl)CCN1. The van der Waals surface area contributed by atoms with Crippen molar-refractivity contribution in [1.82, 2.24) is 10.2 Å². The second-order valence-electron chi connectivity index (χ2n) is 4.74. The van der Waals surface area contributed by atoms with Crippen LogP contribution in [0.25, 0.3) is 0 Å². The van der Waals surface area contributed by atoms with Gasteiger partial charge in [-0.05, 0) is 19.1 Å². The van der Waals surface area contributed by atoms with Gasteiger partial charge in [-0.15, -0.1) is 0 Å². The Hall–Kier alpha value is -0.810. The van der Waals surface area contributed by atoms with Gasteiger partial charge in [0.25, 0.3) is 0 Å². The normalized spacial score (nSPS) is 20.3.